The van der Waals surface area contributed by atoms with E-state index < -0.39 is 29.4 Å². The van der Waals surface area contributed by atoms with E-state index in [4.69, 9.17) is 9.47 Å². The zero-order valence-corrected chi connectivity index (χ0v) is 16.7. The van der Waals surface area contributed by atoms with Gasteiger partial charge in [0.1, 0.15) is 23.1 Å². The highest BCUT2D eigenvalue weighted by Gasteiger charge is 2.62. The summed E-state index contributed by atoms with van der Waals surface area (Å²) in [5.41, 5.74) is -3.00. The zero-order valence-electron chi connectivity index (χ0n) is 16.7. The Morgan fingerprint density at radius 2 is 1.76 bits per heavy atom. The maximum Gasteiger partial charge on any atom is 0.421 e. The maximum absolute atomic E-state index is 13.8. The third-order valence-electron chi connectivity index (χ3n) is 4.99. The zero-order chi connectivity index (χ0) is 23.6. The van der Waals surface area contributed by atoms with Crippen LogP contribution in [0.4, 0.5) is 38.1 Å². The van der Waals surface area contributed by atoms with Gasteiger partial charge in [0.05, 0.1) is 12.3 Å². The molecular formula is C22H16F5N3O3. The molecule has 0 radical (unpaired) electrons. The van der Waals surface area contributed by atoms with Crippen molar-refractivity contribution in [1.29, 1.82) is 0 Å². The van der Waals surface area contributed by atoms with E-state index in [-0.39, 0.29) is 41.6 Å². The van der Waals surface area contributed by atoms with Gasteiger partial charge < -0.3 is 20.1 Å². The minimum Gasteiger partial charge on any atom is -0.437 e. The Balaban J connectivity index is 1.58. The second-order valence-electron chi connectivity index (χ2n) is 7.08. The van der Waals surface area contributed by atoms with Gasteiger partial charge in [0.15, 0.2) is 5.60 Å². The number of urea groups is 1. The number of aromatic nitrogens is 1. The molecule has 2 aromatic carbocycles. The standard InChI is InChI=1S/C22H16F5N3O3/c23-13-7-8-16(15(24)12-13)29-20(31)30-17-5-3-10-28-19(17)33-18-6-2-1-4-14(18)21(9-11-32-21)22(25,26)27/h1-8,10,12H,9,11H2,(H2,29,30,31). The molecule has 6 nitrogen and oxygen atoms in total. The molecule has 1 aliphatic rings. The fourth-order valence-electron chi connectivity index (χ4n) is 3.32. The van der Waals surface area contributed by atoms with Gasteiger partial charge in [-0.15, -0.1) is 0 Å². The predicted molar refractivity (Wildman–Crippen MR) is 108 cm³/mol. The summed E-state index contributed by atoms with van der Waals surface area (Å²) in [4.78, 5) is 16.3. The van der Waals surface area contributed by atoms with Gasteiger partial charge in [-0.25, -0.2) is 18.6 Å². The van der Waals surface area contributed by atoms with Crippen molar-refractivity contribution < 1.29 is 36.2 Å². The quantitative estimate of drug-likeness (QED) is 0.455. The molecule has 2 heterocycles. The van der Waals surface area contributed by atoms with Crippen LogP contribution < -0.4 is 15.4 Å². The first-order valence-corrected chi connectivity index (χ1v) is 9.66. The molecule has 1 saturated heterocycles. The summed E-state index contributed by atoms with van der Waals surface area (Å²) in [5.74, 6) is -2.15. The van der Waals surface area contributed by atoms with Crippen molar-refractivity contribution in [3.63, 3.8) is 0 Å². The fourth-order valence-corrected chi connectivity index (χ4v) is 3.32. The molecule has 33 heavy (non-hydrogen) atoms. The molecule has 1 fully saturated rings. The number of nitrogens with one attached hydrogen (secondary N) is 2. The summed E-state index contributed by atoms with van der Waals surface area (Å²) in [6.07, 6.45) is -3.62. The topological polar surface area (TPSA) is 72.5 Å². The van der Waals surface area contributed by atoms with Gasteiger partial charge >= 0.3 is 12.2 Å². The molecule has 1 aliphatic heterocycles. The lowest BCUT2D eigenvalue weighted by Gasteiger charge is -2.43. The Hall–Kier alpha value is -3.73. The summed E-state index contributed by atoms with van der Waals surface area (Å²) in [6, 6.07) is 10.1. The average molecular weight is 465 g/mol. The van der Waals surface area contributed by atoms with E-state index in [0.29, 0.717) is 6.07 Å². The van der Waals surface area contributed by atoms with Crippen molar-refractivity contribution in [1.82, 2.24) is 4.98 Å². The predicted octanol–water partition coefficient (Wildman–Crippen LogP) is 5.97. The first kappa shape index (κ1) is 22.5. The van der Waals surface area contributed by atoms with E-state index in [2.05, 4.69) is 15.6 Å². The molecule has 11 heteroatoms. The van der Waals surface area contributed by atoms with Gasteiger partial charge in [-0.1, -0.05) is 18.2 Å². The number of pyridine rings is 1. The molecule has 1 unspecified atom stereocenters. The van der Waals surface area contributed by atoms with Crippen LogP contribution in [0.5, 0.6) is 11.6 Å². The molecule has 172 valence electrons. The van der Waals surface area contributed by atoms with Gasteiger partial charge in [-0.3, -0.25) is 0 Å². The monoisotopic (exact) mass is 465 g/mol. The second-order valence-corrected chi connectivity index (χ2v) is 7.08. The van der Waals surface area contributed by atoms with Crippen molar-refractivity contribution in [2.75, 3.05) is 17.2 Å². The lowest BCUT2D eigenvalue weighted by atomic mass is 9.85. The molecule has 3 aromatic rings. The number of amides is 2. The Kier molecular flexibility index (Phi) is 5.90. The second kappa shape index (κ2) is 8.66. The van der Waals surface area contributed by atoms with Gasteiger partial charge in [-0.2, -0.15) is 13.2 Å². The third-order valence-corrected chi connectivity index (χ3v) is 4.99. The van der Waals surface area contributed by atoms with Crippen LogP contribution in [0.2, 0.25) is 0 Å². The number of nitrogens with zero attached hydrogens (tertiary/aromatic N) is 1. The highest BCUT2D eigenvalue weighted by molar-refractivity contribution is 6.00. The summed E-state index contributed by atoms with van der Waals surface area (Å²) >= 11 is 0. The molecule has 0 bridgehead atoms. The van der Waals surface area contributed by atoms with Crippen LogP contribution in [0.1, 0.15) is 12.0 Å². The van der Waals surface area contributed by atoms with E-state index in [9.17, 15) is 26.7 Å². The van der Waals surface area contributed by atoms with Crippen molar-refractivity contribution >= 4 is 17.4 Å². The molecular weight excluding hydrogens is 449 g/mol. The number of hydrogen-bond acceptors (Lipinski definition) is 4. The lowest BCUT2D eigenvalue weighted by Crippen LogP contribution is -2.52. The van der Waals surface area contributed by atoms with Gasteiger partial charge in [0, 0.05) is 24.2 Å². The molecule has 1 aromatic heterocycles. The maximum atomic E-state index is 13.8. The molecule has 1 atom stereocenters. The Labute approximate surface area is 184 Å². The first-order chi connectivity index (χ1) is 15.7. The number of alkyl halides is 3. The Bertz CT molecular complexity index is 1180. The van der Waals surface area contributed by atoms with E-state index in [1.165, 1.54) is 42.6 Å². The molecule has 0 saturated carbocycles. The van der Waals surface area contributed by atoms with E-state index in [1.807, 2.05) is 0 Å². The summed E-state index contributed by atoms with van der Waals surface area (Å²) < 4.78 is 78.7. The van der Waals surface area contributed by atoms with Crippen LogP contribution in [-0.2, 0) is 10.3 Å². The molecule has 2 amide bonds. The third kappa shape index (κ3) is 4.44. The summed E-state index contributed by atoms with van der Waals surface area (Å²) in [6.45, 7) is -0.0512. The van der Waals surface area contributed by atoms with Crippen LogP contribution in [0, 0.1) is 11.6 Å². The Morgan fingerprint density at radius 1 is 1.03 bits per heavy atom. The number of rotatable bonds is 5. The number of carbonyl (C=O) groups is 1. The largest absolute Gasteiger partial charge is 0.437 e. The molecule has 4 rings (SSSR count). The summed E-state index contributed by atoms with van der Waals surface area (Å²) in [7, 11) is 0. The van der Waals surface area contributed by atoms with E-state index >= 15 is 0 Å². The number of ether oxygens (including phenoxy) is 2. The minimum atomic E-state index is -4.67. The highest BCUT2D eigenvalue weighted by Crippen LogP contribution is 2.53. The fraction of sp³-hybridized carbons (Fsp3) is 0.182. The van der Waals surface area contributed by atoms with E-state index in [1.54, 1.807) is 0 Å². The molecule has 0 aliphatic carbocycles. The molecule has 0 spiro atoms. The number of benzene rings is 2. The number of hydrogen-bond donors (Lipinski definition) is 2. The number of anilines is 2. The number of halogens is 5. The lowest BCUT2D eigenvalue weighted by molar-refractivity contribution is -0.333. The van der Waals surface area contributed by atoms with E-state index in [0.717, 1.165) is 12.1 Å². The van der Waals surface area contributed by atoms with Crippen molar-refractivity contribution in [2.45, 2.75) is 18.2 Å². The number of carbonyl (C=O) groups excluding carboxylic acids is 1. The van der Waals surface area contributed by atoms with Crippen LogP contribution in [0.3, 0.4) is 0 Å². The Morgan fingerprint density at radius 3 is 2.42 bits per heavy atom. The normalized spacial score (nSPS) is 17.7. The van der Waals surface area contributed by atoms with Crippen LogP contribution in [-0.4, -0.2) is 23.8 Å². The van der Waals surface area contributed by atoms with Crippen molar-refractivity contribution in [2.24, 2.45) is 0 Å². The van der Waals surface area contributed by atoms with Crippen LogP contribution in [0.15, 0.2) is 60.8 Å². The van der Waals surface area contributed by atoms with Crippen LogP contribution >= 0.6 is 0 Å². The van der Waals surface area contributed by atoms with Crippen molar-refractivity contribution in [3.05, 3.63) is 78.0 Å². The van der Waals surface area contributed by atoms with Gasteiger partial charge in [0.2, 0.25) is 5.88 Å². The first-order valence-electron chi connectivity index (χ1n) is 9.66. The average Bonchev–Trinajstić information content (AvgIpc) is 2.71. The summed E-state index contributed by atoms with van der Waals surface area (Å²) in [5, 5.41) is 4.59. The van der Waals surface area contributed by atoms with Crippen molar-refractivity contribution in [3.8, 4) is 11.6 Å². The minimum absolute atomic E-state index is 0.00269. The van der Waals surface area contributed by atoms with Gasteiger partial charge in [0.25, 0.3) is 0 Å². The SMILES string of the molecule is O=C(Nc1ccc(F)cc1F)Nc1cccnc1Oc1ccccc1C1(C(F)(F)F)CCO1. The number of para-hydroxylation sites is 1. The van der Waals surface area contributed by atoms with Gasteiger partial charge in [-0.05, 0) is 30.3 Å². The van der Waals surface area contributed by atoms with Crippen LogP contribution in [0.25, 0.3) is 0 Å². The molecule has 2 N–H and O–H groups in total. The highest BCUT2D eigenvalue weighted by atomic mass is 19.4. The smallest absolute Gasteiger partial charge is 0.421 e.